The number of rotatable bonds is 5. The van der Waals surface area contributed by atoms with Gasteiger partial charge in [0.2, 0.25) is 0 Å². The number of benzene rings is 1. The number of aromatic nitrogens is 2. The molecule has 26 heavy (non-hydrogen) atoms. The van der Waals surface area contributed by atoms with Gasteiger partial charge in [-0.05, 0) is 38.0 Å². The molecule has 0 spiro atoms. The highest BCUT2D eigenvalue weighted by Crippen LogP contribution is 2.48. The van der Waals surface area contributed by atoms with Crippen LogP contribution in [-0.4, -0.2) is 45.4 Å². The molecular formula is C20H25N3O2S. The van der Waals surface area contributed by atoms with E-state index in [0.29, 0.717) is 12.1 Å². The van der Waals surface area contributed by atoms with Crippen molar-refractivity contribution >= 4 is 11.8 Å². The van der Waals surface area contributed by atoms with Crippen molar-refractivity contribution in [2.24, 2.45) is 0 Å². The lowest BCUT2D eigenvalue weighted by atomic mass is 9.80. The number of para-hydroxylation sites is 1. The molecule has 2 atom stereocenters. The minimum absolute atomic E-state index is 0.379. The topological polar surface area (TPSA) is 58.5 Å². The molecule has 0 amide bonds. The van der Waals surface area contributed by atoms with Crippen molar-refractivity contribution in [2.45, 2.75) is 55.1 Å². The Morgan fingerprint density at radius 1 is 1.19 bits per heavy atom. The van der Waals surface area contributed by atoms with E-state index in [2.05, 4.69) is 14.9 Å². The summed E-state index contributed by atoms with van der Waals surface area (Å²) >= 11 is 1.56. The van der Waals surface area contributed by atoms with Crippen molar-refractivity contribution in [1.82, 2.24) is 14.9 Å². The van der Waals surface area contributed by atoms with Crippen LogP contribution in [0.15, 0.2) is 41.8 Å². The summed E-state index contributed by atoms with van der Waals surface area (Å²) in [6.07, 6.45) is 9.59. The maximum Gasteiger partial charge on any atom is 0.187 e. The molecule has 2 bridgehead atoms. The predicted molar refractivity (Wildman–Crippen MR) is 102 cm³/mol. The van der Waals surface area contributed by atoms with Gasteiger partial charge in [-0.15, -0.1) is 0 Å². The first-order valence-corrected chi connectivity index (χ1v) is 10.3. The van der Waals surface area contributed by atoms with Crippen LogP contribution in [0.4, 0.5) is 0 Å². The summed E-state index contributed by atoms with van der Waals surface area (Å²) in [6.45, 7) is 0.853. The molecule has 0 unspecified atom stereocenters. The zero-order valence-electron chi connectivity index (χ0n) is 15.3. The molecule has 1 aromatic heterocycles. The van der Waals surface area contributed by atoms with Crippen molar-refractivity contribution in [2.75, 3.05) is 13.4 Å². The minimum Gasteiger partial charge on any atom is -0.496 e. The number of ether oxygens (including phenoxy) is 1. The summed E-state index contributed by atoms with van der Waals surface area (Å²) in [5.41, 5.74) is 1.25. The van der Waals surface area contributed by atoms with Gasteiger partial charge in [0.05, 0.1) is 12.7 Å². The molecule has 2 saturated heterocycles. The van der Waals surface area contributed by atoms with Crippen LogP contribution in [-0.2, 0) is 12.1 Å². The van der Waals surface area contributed by atoms with Crippen LogP contribution in [0.25, 0.3) is 0 Å². The fourth-order valence-electron chi connectivity index (χ4n) is 4.56. The van der Waals surface area contributed by atoms with Crippen molar-refractivity contribution in [3.05, 3.63) is 47.8 Å². The van der Waals surface area contributed by atoms with Crippen LogP contribution >= 0.6 is 11.8 Å². The smallest absolute Gasteiger partial charge is 0.187 e. The number of piperidine rings is 1. The molecular weight excluding hydrogens is 346 g/mol. The van der Waals surface area contributed by atoms with E-state index in [1.165, 1.54) is 0 Å². The monoisotopic (exact) mass is 371 g/mol. The molecule has 138 valence electrons. The summed E-state index contributed by atoms with van der Waals surface area (Å²) in [5, 5.41) is 12.3. The third kappa shape index (κ3) is 3.21. The van der Waals surface area contributed by atoms with Gasteiger partial charge in [0.1, 0.15) is 5.75 Å². The molecule has 1 N–H and O–H groups in total. The number of methoxy groups -OCH3 is 1. The Kier molecular flexibility index (Phi) is 4.90. The zero-order chi connectivity index (χ0) is 18.1. The third-order valence-corrected chi connectivity index (χ3v) is 6.33. The summed E-state index contributed by atoms with van der Waals surface area (Å²) < 4.78 is 5.51. The fourth-order valence-corrected chi connectivity index (χ4v) is 4.88. The van der Waals surface area contributed by atoms with Crippen molar-refractivity contribution < 1.29 is 9.84 Å². The van der Waals surface area contributed by atoms with Crippen molar-refractivity contribution in [3.63, 3.8) is 0 Å². The van der Waals surface area contributed by atoms with Crippen molar-refractivity contribution in [3.8, 4) is 5.75 Å². The van der Waals surface area contributed by atoms with Gasteiger partial charge in [-0.2, -0.15) is 0 Å². The molecule has 6 heteroatoms. The lowest BCUT2D eigenvalue weighted by molar-refractivity contribution is -0.0607. The highest BCUT2D eigenvalue weighted by molar-refractivity contribution is 7.98. The van der Waals surface area contributed by atoms with Gasteiger partial charge in [0.25, 0.3) is 0 Å². The van der Waals surface area contributed by atoms with Crippen LogP contribution in [0.3, 0.4) is 0 Å². The molecule has 0 saturated carbocycles. The molecule has 3 heterocycles. The number of nitrogens with zero attached hydrogens (tertiary/aromatic N) is 3. The van der Waals surface area contributed by atoms with Gasteiger partial charge in [0, 0.05) is 42.1 Å². The Bertz CT molecular complexity index is 754. The lowest BCUT2D eigenvalue weighted by Crippen LogP contribution is -2.49. The summed E-state index contributed by atoms with van der Waals surface area (Å²) in [4.78, 5) is 11.3. The van der Waals surface area contributed by atoms with Crippen LogP contribution in [0.1, 0.15) is 36.8 Å². The van der Waals surface area contributed by atoms with Gasteiger partial charge in [-0.1, -0.05) is 30.0 Å². The maximum absolute atomic E-state index is 11.5. The Morgan fingerprint density at radius 3 is 2.46 bits per heavy atom. The van der Waals surface area contributed by atoms with Gasteiger partial charge >= 0.3 is 0 Å². The molecule has 0 aliphatic carbocycles. The first-order valence-electron chi connectivity index (χ1n) is 9.09. The third-order valence-electron chi connectivity index (χ3n) is 5.76. The van der Waals surface area contributed by atoms with Gasteiger partial charge in [-0.3, -0.25) is 4.90 Å². The molecule has 5 nitrogen and oxygen atoms in total. The molecule has 2 aliphatic rings. The Labute approximate surface area is 158 Å². The summed E-state index contributed by atoms with van der Waals surface area (Å²) in [5.74, 6) is 0.781. The van der Waals surface area contributed by atoms with Crippen LogP contribution < -0.4 is 4.74 Å². The Balaban J connectivity index is 1.53. The van der Waals surface area contributed by atoms with E-state index >= 15 is 0 Å². The molecule has 4 rings (SSSR count). The standard InChI is InChI=1S/C20H25N3O2S/c1-25-18-6-4-3-5-17(18)20(24)9-15-7-8-16(10-20)23(15)13-14-11-21-19(26-2)22-12-14/h3-6,11-12,15-16,24H,7-10,13H2,1-2H3/t15-,16-/m1/s1. The molecule has 2 fully saturated rings. The van der Waals surface area contributed by atoms with Crippen molar-refractivity contribution in [1.29, 1.82) is 0 Å². The Morgan fingerprint density at radius 2 is 1.85 bits per heavy atom. The number of thioether (sulfide) groups is 1. The average molecular weight is 372 g/mol. The first-order chi connectivity index (χ1) is 12.6. The lowest BCUT2D eigenvalue weighted by Gasteiger charge is -2.44. The minimum atomic E-state index is -0.811. The molecule has 1 aromatic carbocycles. The maximum atomic E-state index is 11.5. The summed E-state index contributed by atoms with van der Waals surface area (Å²) in [6, 6.07) is 8.63. The summed E-state index contributed by atoms with van der Waals surface area (Å²) in [7, 11) is 1.67. The molecule has 2 aromatic rings. The second-order valence-electron chi connectivity index (χ2n) is 7.28. The predicted octanol–water partition coefficient (Wildman–Crippen LogP) is 3.22. The number of aliphatic hydroxyl groups is 1. The number of hydrogen-bond acceptors (Lipinski definition) is 6. The van der Waals surface area contributed by atoms with Gasteiger partial charge < -0.3 is 9.84 Å². The van der Waals surface area contributed by atoms with Gasteiger partial charge in [-0.25, -0.2) is 9.97 Å². The quantitative estimate of drug-likeness (QED) is 0.643. The highest BCUT2D eigenvalue weighted by Gasteiger charge is 2.49. The van der Waals surface area contributed by atoms with E-state index in [4.69, 9.17) is 4.74 Å². The second-order valence-corrected chi connectivity index (χ2v) is 8.05. The highest BCUT2D eigenvalue weighted by atomic mass is 32.2. The number of hydrogen-bond donors (Lipinski definition) is 1. The van der Waals surface area contributed by atoms with Crippen LogP contribution in [0, 0.1) is 0 Å². The largest absolute Gasteiger partial charge is 0.496 e. The van der Waals surface area contributed by atoms with E-state index in [9.17, 15) is 5.11 Å². The first kappa shape index (κ1) is 17.8. The van der Waals surface area contributed by atoms with Gasteiger partial charge in [0.15, 0.2) is 5.16 Å². The van der Waals surface area contributed by atoms with E-state index < -0.39 is 5.60 Å². The SMILES string of the molecule is COc1ccccc1C1(O)C[C@H]2CC[C@H](C1)N2Cc1cnc(SC)nc1. The van der Waals surface area contributed by atoms with E-state index in [1.54, 1.807) is 18.9 Å². The normalized spacial score (nSPS) is 28.3. The fraction of sp³-hybridized carbons (Fsp3) is 0.500. The zero-order valence-corrected chi connectivity index (χ0v) is 16.1. The second kappa shape index (κ2) is 7.18. The van der Waals surface area contributed by atoms with E-state index in [0.717, 1.165) is 54.3 Å². The Hall–Kier alpha value is -1.63. The van der Waals surface area contributed by atoms with Crippen LogP contribution in [0.2, 0.25) is 0 Å². The van der Waals surface area contributed by atoms with E-state index in [-0.39, 0.29) is 0 Å². The molecule has 2 aliphatic heterocycles. The average Bonchev–Trinajstić information content (AvgIpc) is 2.92. The molecule has 0 radical (unpaired) electrons. The number of fused-ring (bicyclic) bond motifs is 2. The van der Waals surface area contributed by atoms with E-state index in [1.807, 2.05) is 42.9 Å². The van der Waals surface area contributed by atoms with Crippen LogP contribution in [0.5, 0.6) is 5.75 Å².